The van der Waals surface area contributed by atoms with Crippen LogP contribution in [0.4, 0.5) is 5.69 Å². The second-order valence-electron chi connectivity index (χ2n) is 4.07. The summed E-state index contributed by atoms with van der Waals surface area (Å²) >= 11 is 6.04. The van der Waals surface area contributed by atoms with Crippen LogP contribution in [0.25, 0.3) is 0 Å². The van der Waals surface area contributed by atoms with Gasteiger partial charge in [-0.05, 0) is 31.0 Å². The van der Waals surface area contributed by atoms with Gasteiger partial charge in [0.2, 0.25) is 0 Å². The van der Waals surface area contributed by atoms with Crippen molar-refractivity contribution in [2.75, 3.05) is 25.1 Å². The quantitative estimate of drug-likeness (QED) is 0.854. The van der Waals surface area contributed by atoms with Crippen molar-refractivity contribution in [3.63, 3.8) is 0 Å². The zero-order valence-electron chi connectivity index (χ0n) is 8.92. The molecule has 0 spiro atoms. The molecule has 1 N–H and O–H groups in total. The number of hydrogen-bond donors (Lipinski definition) is 1. The number of hydrogen-bond acceptors (Lipinski definition) is 2. The Bertz CT molecular complexity index is 334. The first-order valence-corrected chi connectivity index (χ1v) is 5.71. The minimum Gasteiger partial charge on any atom is -0.385 e. The molecule has 2 rings (SSSR count). The summed E-state index contributed by atoms with van der Waals surface area (Å²) in [5, 5.41) is 4.21. The van der Waals surface area contributed by atoms with Gasteiger partial charge in [-0.15, -0.1) is 0 Å². The average Bonchev–Trinajstić information content (AvgIpc) is 2.73. The van der Waals surface area contributed by atoms with Gasteiger partial charge in [-0.1, -0.05) is 17.7 Å². The molecule has 0 radical (unpaired) electrons. The monoisotopic (exact) mass is 225 g/mol. The highest BCUT2D eigenvalue weighted by Crippen LogP contribution is 2.21. The predicted molar refractivity (Wildman–Crippen MR) is 63.6 cm³/mol. The van der Waals surface area contributed by atoms with Gasteiger partial charge in [0.05, 0.1) is 6.61 Å². The van der Waals surface area contributed by atoms with Gasteiger partial charge >= 0.3 is 0 Å². The molecule has 2 nitrogen and oxygen atoms in total. The van der Waals surface area contributed by atoms with Crippen LogP contribution in [0.5, 0.6) is 0 Å². The lowest BCUT2D eigenvalue weighted by Crippen LogP contribution is -2.13. The Morgan fingerprint density at radius 2 is 2.40 bits per heavy atom. The van der Waals surface area contributed by atoms with E-state index in [1.54, 1.807) is 0 Å². The maximum atomic E-state index is 6.04. The lowest BCUT2D eigenvalue weighted by Gasteiger charge is -2.11. The number of ether oxygens (including phenoxy) is 1. The Morgan fingerprint density at radius 1 is 1.53 bits per heavy atom. The molecule has 0 aliphatic carbocycles. The third kappa shape index (κ3) is 2.86. The van der Waals surface area contributed by atoms with Crippen LogP contribution in [0.2, 0.25) is 5.02 Å². The molecular formula is C12H16ClNO. The van der Waals surface area contributed by atoms with Gasteiger partial charge in [-0.3, -0.25) is 0 Å². The normalized spacial score (nSPS) is 20.5. The second kappa shape index (κ2) is 4.86. The lowest BCUT2D eigenvalue weighted by atomic mass is 10.1. The van der Waals surface area contributed by atoms with Gasteiger partial charge in [-0.25, -0.2) is 0 Å². The molecule has 1 saturated heterocycles. The fraction of sp³-hybridized carbons (Fsp3) is 0.500. The van der Waals surface area contributed by atoms with Crippen molar-refractivity contribution in [2.24, 2.45) is 5.92 Å². The summed E-state index contributed by atoms with van der Waals surface area (Å²) in [6.07, 6.45) is 1.16. The highest BCUT2D eigenvalue weighted by molar-refractivity contribution is 6.31. The van der Waals surface area contributed by atoms with Gasteiger partial charge in [0.15, 0.2) is 0 Å². The van der Waals surface area contributed by atoms with Gasteiger partial charge in [0.1, 0.15) is 0 Å². The van der Waals surface area contributed by atoms with Crippen LogP contribution < -0.4 is 5.32 Å². The van der Waals surface area contributed by atoms with E-state index < -0.39 is 0 Å². The average molecular weight is 226 g/mol. The van der Waals surface area contributed by atoms with E-state index in [-0.39, 0.29) is 0 Å². The maximum absolute atomic E-state index is 6.04. The Labute approximate surface area is 95.6 Å². The van der Waals surface area contributed by atoms with Crippen LogP contribution in [0.1, 0.15) is 12.0 Å². The topological polar surface area (TPSA) is 21.3 Å². The number of anilines is 1. The van der Waals surface area contributed by atoms with E-state index in [0.717, 1.165) is 42.5 Å². The summed E-state index contributed by atoms with van der Waals surface area (Å²) in [7, 11) is 0. The SMILES string of the molecule is Cc1ccc(NCC2CCOC2)cc1Cl. The summed E-state index contributed by atoms with van der Waals surface area (Å²) in [6, 6.07) is 6.08. The number of rotatable bonds is 3. The van der Waals surface area contributed by atoms with Crippen molar-refractivity contribution < 1.29 is 4.74 Å². The molecule has 1 heterocycles. The molecule has 1 aromatic carbocycles. The highest BCUT2D eigenvalue weighted by Gasteiger charge is 2.14. The smallest absolute Gasteiger partial charge is 0.0511 e. The Kier molecular flexibility index (Phi) is 3.49. The molecule has 1 aromatic rings. The molecule has 15 heavy (non-hydrogen) atoms. The number of nitrogens with one attached hydrogen (secondary N) is 1. The minimum absolute atomic E-state index is 0.644. The standard InChI is InChI=1S/C12H16ClNO/c1-9-2-3-11(6-12(9)13)14-7-10-4-5-15-8-10/h2-3,6,10,14H,4-5,7-8H2,1H3. The van der Waals surface area contributed by atoms with Gasteiger partial charge in [0.25, 0.3) is 0 Å². The molecule has 82 valence electrons. The fourth-order valence-electron chi connectivity index (χ4n) is 1.71. The predicted octanol–water partition coefficient (Wildman–Crippen LogP) is 3.10. The first-order valence-electron chi connectivity index (χ1n) is 5.33. The molecular weight excluding hydrogens is 210 g/mol. The number of halogens is 1. The zero-order chi connectivity index (χ0) is 10.7. The fourth-order valence-corrected chi connectivity index (χ4v) is 1.89. The molecule has 0 saturated carbocycles. The Hall–Kier alpha value is -0.730. The van der Waals surface area contributed by atoms with E-state index >= 15 is 0 Å². The van der Waals surface area contributed by atoms with Gasteiger partial charge < -0.3 is 10.1 Å². The van der Waals surface area contributed by atoms with Crippen LogP contribution in [-0.2, 0) is 4.74 Å². The van der Waals surface area contributed by atoms with E-state index in [1.165, 1.54) is 0 Å². The van der Waals surface area contributed by atoms with Crippen molar-refractivity contribution >= 4 is 17.3 Å². The maximum Gasteiger partial charge on any atom is 0.0511 e. The third-order valence-corrected chi connectivity index (χ3v) is 3.20. The van der Waals surface area contributed by atoms with Crippen molar-refractivity contribution in [1.29, 1.82) is 0 Å². The van der Waals surface area contributed by atoms with Crippen molar-refractivity contribution in [1.82, 2.24) is 0 Å². The van der Waals surface area contributed by atoms with Crippen molar-refractivity contribution in [3.05, 3.63) is 28.8 Å². The molecule has 0 amide bonds. The summed E-state index contributed by atoms with van der Waals surface area (Å²) in [6.45, 7) is 4.77. The molecule has 0 bridgehead atoms. The highest BCUT2D eigenvalue weighted by atomic mass is 35.5. The van der Waals surface area contributed by atoms with E-state index in [2.05, 4.69) is 11.4 Å². The van der Waals surface area contributed by atoms with Crippen molar-refractivity contribution in [2.45, 2.75) is 13.3 Å². The summed E-state index contributed by atoms with van der Waals surface area (Å²) < 4.78 is 5.32. The summed E-state index contributed by atoms with van der Waals surface area (Å²) in [5.41, 5.74) is 2.21. The Morgan fingerprint density at radius 3 is 3.07 bits per heavy atom. The summed E-state index contributed by atoms with van der Waals surface area (Å²) in [5.74, 6) is 0.644. The molecule has 1 aliphatic heterocycles. The van der Waals surface area contributed by atoms with Crippen molar-refractivity contribution in [3.8, 4) is 0 Å². The van der Waals surface area contributed by atoms with Crippen LogP contribution in [0.3, 0.4) is 0 Å². The number of aryl methyl sites for hydroxylation is 1. The second-order valence-corrected chi connectivity index (χ2v) is 4.48. The first kappa shape index (κ1) is 10.8. The van der Waals surface area contributed by atoms with Crippen LogP contribution in [0.15, 0.2) is 18.2 Å². The Balaban J connectivity index is 1.90. The van der Waals surface area contributed by atoms with Gasteiger partial charge in [-0.2, -0.15) is 0 Å². The molecule has 1 atom stereocenters. The van der Waals surface area contributed by atoms with Crippen LogP contribution in [0, 0.1) is 12.8 Å². The molecule has 1 aliphatic rings. The molecule has 3 heteroatoms. The van der Waals surface area contributed by atoms with Gasteiger partial charge in [0, 0.05) is 29.8 Å². The summed E-state index contributed by atoms with van der Waals surface area (Å²) in [4.78, 5) is 0. The minimum atomic E-state index is 0.644. The van der Waals surface area contributed by atoms with Crippen LogP contribution in [-0.4, -0.2) is 19.8 Å². The van der Waals surface area contributed by atoms with Crippen LogP contribution >= 0.6 is 11.6 Å². The van der Waals surface area contributed by atoms with E-state index in [9.17, 15) is 0 Å². The number of benzene rings is 1. The lowest BCUT2D eigenvalue weighted by molar-refractivity contribution is 0.187. The largest absolute Gasteiger partial charge is 0.385 e. The molecule has 0 aromatic heterocycles. The van der Waals surface area contributed by atoms with E-state index in [4.69, 9.17) is 16.3 Å². The first-order chi connectivity index (χ1) is 7.25. The zero-order valence-corrected chi connectivity index (χ0v) is 9.68. The molecule has 1 fully saturated rings. The van der Waals surface area contributed by atoms with E-state index in [1.807, 2.05) is 19.1 Å². The third-order valence-electron chi connectivity index (χ3n) is 2.79. The van der Waals surface area contributed by atoms with E-state index in [0.29, 0.717) is 5.92 Å². The molecule has 1 unspecified atom stereocenters.